The van der Waals surface area contributed by atoms with Crippen molar-refractivity contribution in [2.24, 2.45) is 0 Å². The predicted octanol–water partition coefficient (Wildman–Crippen LogP) is 1.21. The van der Waals surface area contributed by atoms with E-state index in [4.69, 9.17) is 0 Å². The summed E-state index contributed by atoms with van der Waals surface area (Å²) in [5.41, 5.74) is 3.16. The SMILES string of the molecule is Cc1cc(C)c(C)c(S(=O)(=O)N2CCCC[C@H]2C(=O)[O-])c1C. The number of hydrogen-bond donors (Lipinski definition) is 0. The standard InChI is InChI=1S/C16H23NO4S/c1-10-9-11(2)13(4)15(12(10)3)22(20,21)17-8-6-5-7-14(17)16(18)19/h9,14H,5-8H2,1-4H3,(H,18,19)/p-1/t14-/m0/s1. The molecule has 0 aliphatic carbocycles. The summed E-state index contributed by atoms with van der Waals surface area (Å²) in [6.45, 7) is 7.51. The molecule has 0 unspecified atom stereocenters. The van der Waals surface area contributed by atoms with E-state index in [-0.39, 0.29) is 11.4 Å². The molecule has 5 nitrogen and oxygen atoms in total. The number of carbonyl (C=O) groups is 1. The highest BCUT2D eigenvalue weighted by Gasteiger charge is 2.36. The third-order valence-electron chi connectivity index (χ3n) is 4.59. The molecule has 0 N–H and O–H groups in total. The number of nitrogens with zero attached hydrogens (tertiary/aromatic N) is 1. The number of carboxylic acids is 1. The van der Waals surface area contributed by atoms with E-state index >= 15 is 0 Å². The van der Waals surface area contributed by atoms with Gasteiger partial charge in [0.25, 0.3) is 0 Å². The number of hydrogen-bond acceptors (Lipinski definition) is 4. The molecular weight excluding hydrogens is 302 g/mol. The summed E-state index contributed by atoms with van der Waals surface area (Å²) in [5, 5.41) is 11.3. The van der Waals surface area contributed by atoms with E-state index in [9.17, 15) is 18.3 Å². The average molecular weight is 324 g/mol. The lowest BCUT2D eigenvalue weighted by Crippen LogP contribution is -2.52. The monoisotopic (exact) mass is 324 g/mol. The second-order valence-electron chi connectivity index (χ2n) is 6.04. The lowest BCUT2D eigenvalue weighted by molar-refractivity contribution is -0.311. The van der Waals surface area contributed by atoms with Crippen LogP contribution in [-0.4, -0.2) is 31.3 Å². The van der Waals surface area contributed by atoms with E-state index in [0.717, 1.165) is 15.4 Å². The van der Waals surface area contributed by atoms with Crippen LogP contribution in [0, 0.1) is 27.7 Å². The maximum Gasteiger partial charge on any atom is 0.244 e. The zero-order chi connectivity index (χ0) is 16.7. The summed E-state index contributed by atoms with van der Waals surface area (Å²) in [6.07, 6.45) is 1.69. The highest BCUT2D eigenvalue weighted by atomic mass is 32.2. The summed E-state index contributed by atoms with van der Waals surface area (Å²) in [5.74, 6) is -1.32. The van der Waals surface area contributed by atoms with Crippen LogP contribution in [0.5, 0.6) is 0 Å². The van der Waals surface area contributed by atoms with Crippen molar-refractivity contribution in [3.05, 3.63) is 28.3 Å². The van der Waals surface area contributed by atoms with Gasteiger partial charge in [-0.1, -0.05) is 12.5 Å². The Morgan fingerprint density at radius 3 is 2.18 bits per heavy atom. The smallest absolute Gasteiger partial charge is 0.244 e. The van der Waals surface area contributed by atoms with Gasteiger partial charge in [-0.25, -0.2) is 8.42 Å². The molecular formula is C16H22NO4S-. The molecule has 0 radical (unpaired) electrons. The van der Waals surface area contributed by atoms with Crippen LogP contribution in [0.25, 0.3) is 0 Å². The Morgan fingerprint density at radius 2 is 1.68 bits per heavy atom. The van der Waals surface area contributed by atoms with Gasteiger partial charge in [-0.15, -0.1) is 0 Å². The molecule has 0 saturated carbocycles. The van der Waals surface area contributed by atoms with Gasteiger partial charge in [0.05, 0.1) is 16.9 Å². The Bertz CT molecular complexity index is 683. The lowest BCUT2D eigenvalue weighted by Gasteiger charge is -2.36. The first kappa shape index (κ1) is 17.0. The zero-order valence-electron chi connectivity index (χ0n) is 13.5. The molecule has 1 saturated heterocycles. The summed E-state index contributed by atoms with van der Waals surface area (Å²) in [4.78, 5) is 11.6. The van der Waals surface area contributed by atoms with Gasteiger partial charge < -0.3 is 9.90 Å². The molecule has 0 aromatic heterocycles. The molecule has 1 aliphatic heterocycles. The number of sulfonamides is 1. The fourth-order valence-corrected chi connectivity index (χ4v) is 5.34. The van der Waals surface area contributed by atoms with Crippen LogP contribution in [0.3, 0.4) is 0 Å². The van der Waals surface area contributed by atoms with Crippen molar-refractivity contribution < 1.29 is 18.3 Å². The van der Waals surface area contributed by atoms with Crippen molar-refractivity contribution in [3.8, 4) is 0 Å². The van der Waals surface area contributed by atoms with Crippen LogP contribution in [-0.2, 0) is 14.8 Å². The van der Waals surface area contributed by atoms with Crippen LogP contribution in [0.2, 0.25) is 0 Å². The minimum absolute atomic E-state index is 0.229. The van der Waals surface area contributed by atoms with Crippen molar-refractivity contribution in [1.82, 2.24) is 4.31 Å². The van der Waals surface area contributed by atoms with Gasteiger partial charge in [0.2, 0.25) is 10.0 Å². The van der Waals surface area contributed by atoms with Gasteiger partial charge in [-0.2, -0.15) is 4.31 Å². The Labute approximate surface area is 132 Å². The topological polar surface area (TPSA) is 77.5 Å². The van der Waals surface area contributed by atoms with Crippen molar-refractivity contribution >= 4 is 16.0 Å². The second kappa shape index (κ2) is 6.01. The summed E-state index contributed by atoms with van der Waals surface area (Å²) >= 11 is 0. The molecule has 1 aromatic carbocycles. The number of aryl methyl sites for hydroxylation is 2. The largest absolute Gasteiger partial charge is 0.548 e. The number of carboxylic acid groups (broad SMARTS) is 1. The highest BCUT2D eigenvalue weighted by molar-refractivity contribution is 7.89. The van der Waals surface area contributed by atoms with E-state index in [1.807, 2.05) is 19.9 Å². The second-order valence-corrected chi connectivity index (χ2v) is 7.86. The first-order valence-electron chi connectivity index (χ1n) is 7.48. The molecule has 22 heavy (non-hydrogen) atoms. The van der Waals surface area contributed by atoms with E-state index in [1.165, 1.54) is 0 Å². The van der Waals surface area contributed by atoms with Gasteiger partial charge >= 0.3 is 0 Å². The molecule has 1 aromatic rings. The van der Waals surface area contributed by atoms with Gasteiger partial charge in [-0.05, 0) is 62.8 Å². The summed E-state index contributed by atoms with van der Waals surface area (Å²) in [6, 6.07) is 0.884. The third kappa shape index (κ3) is 2.77. The fraction of sp³-hybridized carbons (Fsp3) is 0.562. The van der Waals surface area contributed by atoms with E-state index in [1.54, 1.807) is 13.8 Å². The number of carbonyl (C=O) groups excluding carboxylic acids is 1. The Hall–Kier alpha value is -1.40. The number of benzene rings is 1. The molecule has 1 aliphatic rings. The quantitative estimate of drug-likeness (QED) is 0.837. The molecule has 122 valence electrons. The van der Waals surface area contributed by atoms with Crippen LogP contribution < -0.4 is 5.11 Å². The Balaban J connectivity index is 2.62. The molecule has 1 heterocycles. The van der Waals surface area contributed by atoms with Gasteiger partial charge in [0, 0.05) is 6.54 Å². The van der Waals surface area contributed by atoms with E-state index < -0.39 is 22.0 Å². The van der Waals surface area contributed by atoms with Crippen LogP contribution in [0.4, 0.5) is 0 Å². The molecule has 1 fully saturated rings. The Morgan fingerprint density at radius 1 is 1.14 bits per heavy atom. The first-order valence-corrected chi connectivity index (χ1v) is 8.92. The fourth-order valence-electron chi connectivity index (χ4n) is 3.11. The minimum Gasteiger partial charge on any atom is -0.548 e. The molecule has 0 bridgehead atoms. The maximum absolute atomic E-state index is 13.1. The predicted molar refractivity (Wildman–Crippen MR) is 81.9 cm³/mol. The normalized spacial score (nSPS) is 20.1. The highest BCUT2D eigenvalue weighted by Crippen LogP contribution is 2.32. The minimum atomic E-state index is -3.85. The van der Waals surface area contributed by atoms with Crippen molar-refractivity contribution in [1.29, 1.82) is 0 Å². The zero-order valence-corrected chi connectivity index (χ0v) is 14.3. The van der Waals surface area contributed by atoms with Crippen LogP contribution >= 0.6 is 0 Å². The third-order valence-corrected chi connectivity index (χ3v) is 6.77. The summed E-state index contributed by atoms with van der Waals surface area (Å²) in [7, 11) is -3.85. The number of rotatable bonds is 3. The summed E-state index contributed by atoms with van der Waals surface area (Å²) < 4.78 is 27.3. The maximum atomic E-state index is 13.1. The van der Waals surface area contributed by atoms with Gasteiger partial charge in [-0.3, -0.25) is 0 Å². The van der Waals surface area contributed by atoms with Crippen molar-refractivity contribution in [3.63, 3.8) is 0 Å². The van der Waals surface area contributed by atoms with Crippen LogP contribution in [0.1, 0.15) is 41.5 Å². The molecule has 2 rings (SSSR count). The Kier molecular flexibility index (Phi) is 4.63. The van der Waals surface area contributed by atoms with E-state index in [2.05, 4.69) is 0 Å². The van der Waals surface area contributed by atoms with Crippen molar-refractivity contribution in [2.75, 3.05) is 6.54 Å². The molecule has 0 amide bonds. The average Bonchev–Trinajstić information content (AvgIpc) is 2.45. The van der Waals surface area contributed by atoms with Crippen molar-refractivity contribution in [2.45, 2.75) is 57.9 Å². The first-order chi connectivity index (χ1) is 10.2. The molecule has 0 spiro atoms. The molecule has 1 atom stereocenters. The van der Waals surface area contributed by atoms with E-state index in [0.29, 0.717) is 30.4 Å². The van der Waals surface area contributed by atoms with Gasteiger partial charge in [0.1, 0.15) is 0 Å². The number of aliphatic carboxylic acids is 1. The number of piperidine rings is 1. The molecule has 6 heteroatoms. The van der Waals surface area contributed by atoms with Gasteiger partial charge in [0.15, 0.2) is 0 Å². The van der Waals surface area contributed by atoms with Crippen LogP contribution in [0.15, 0.2) is 11.0 Å². The lowest BCUT2D eigenvalue weighted by atomic mass is 10.0.